The number of benzene rings is 7. The molecule has 1 spiro atoms. The summed E-state index contributed by atoms with van der Waals surface area (Å²) in [6, 6.07) is 58.7. The molecular formula is C56H47N. The molecule has 0 bridgehead atoms. The summed E-state index contributed by atoms with van der Waals surface area (Å²) in [5.41, 5.74) is 17.9. The summed E-state index contributed by atoms with van der Waals surface area (Å²) in [6.07, 6.45) is 17.3. The van der Waals surface area contributed by atoms with Gasteiger partial charge >= 0.3 is 0 Å². The number of rotatable bonds is 7. The van der Waals surface area contributed by atoms with Gasteiger partial charge in [-0.1, -0.05) is 178 Å². The minimum absolute atomic E-state index is 0.0116. The molecule has 1 saturated carbocycles. The highest BCUT2D eigenvalue weighted by atomic mass is 14.8. The molecule has 0 heterocycles. The molecule has 7 aromatic rings. The van der Waals surface area contributed by atoms with Crippen LogP contribution in [0.2, 0.25) is 0 Å². The maximum absolute atomic E-state index is 4.06. The summed E-state index contributed by atoms with van der Waals surface area (Å²) in [4.78, 5) is 0. The highest BCUT2D eigenvalue weighted by molar-refractivity contribution is 5.99. The number of hydrogen-bond acceptors (Lipinski definition) is 1. The second-order valence-corrected chi connectivity index (χ2v) is 16.1. The Labute approximate surface area is 337 Å². The Hall–Kier alpha value is -6.44. The summed E-state index contributed by atoms with van der Waals surface area (Å²) in [6.45, 7) is 6.21. The Balaban J connectivity index is 1.10. The first-order valence-electron chi connectivity index (χ1n) is 20.6. The first-order valence-corrected chi connectivity index (χ1v) is 20.6. The molecular weight excluding hydrogens is 687 g/mol. The maximum Gasteiger partial charge on any atom is 0.0713 e. The lowest BCUT2D eigenvalue weighted by atomic mass is 9.67. The Morgan fingerprint density at radius 3 is 2.00 bits per heavy atom. The predicted octanol–water partition coefficient (Wildman–Crippen LogP) is 14.5. The summed E-state index contributed by atoms with van der Waals surface area (Å²) >= 11 is 0. The molecule has 1 fully saturated rings. The monoisotopic (exact) mass is 733 g/mol. The van der Waals surface area contributed by atoms with Crippen molar-refractivity contribution in [2.75, 3.05) is 5.32 Å². The Morgan fingerprint density at radius 1 is 0.596 bits per heavy atom. The first-order chi connectivity index (χ1) is 28.1. The van der Waals surface area contributed by atoms with Gasteiger partial charge in [-0.05, 0) is 133 Å². The maximum atomic E-state index is 4.06. The minimum atomic E-state index is -0.428. The van der Waals surface area contributed by atoms with Crippen LogP contribution in [0.25, 0.3) is 39.6 Å². The quantitative estimate of drug-likeness (QED) is 0.172. The largest absolute Gasteiger partial charge is 0.362 e. The van der Waals surface area contributed by atoms with Crippen molar-refractivity contribution in [1.82, 2.24) is 0 Å². The normalized spacial score (nSPS) is 17.6. The second kappa shape index (κ2) is 14.3. The zero-order valence-electron chi connectivity index (χ0n) is 32.6. The van der Waals surface area contributed by atoms with E-state index in [0.717, 1.165) is 5.69 Å². The van der Waals surface area contributed by atoms with E-state index in [1.807, 2.05) is 6.08 Å². The molecule has 0 radical (unpaired) electrons. The third-order valence-electron chi connectivity index (χ3n) is 13.1. The summed E-state index contributed by atoms with van der Waals surface area (Å²) in [5.74, 6) is 0. The summed E-state index contributed by atoms with van der Waals surface area (Å²) in [7, 11) is 0. The van der Waals surface area contributed by atoms with Crippen LogP contribution in [0.1, 0.15) is 82.2 Å². The first kappa shape index (κ1) is 35.0. The zero-order chi connectivity index (χ0) is 38.4. The highest BCUT2D eigenvalue weighted by Crippen LogP contribution is 2.59. The molecule has 10 rings (SSSR count). The van der Waals surface area contributed by atoms with Gasteiger partial charge in [0, 0.05) is 17.3 Å². The van der Waals surface area contributed by atoms with Crippen LogP contribution in [0.5, 0.6) is 0 Å². The summed E-state index contributed by atoms with van der Waals surface area (Å²) < 4.78 is 0. The fourth-order valence-corrected chi connectivity index (χ4v) is 10.6. The van der Waals surface area contributed by atoms with Crippen LogP contribution in [-0.2, 0) is 10.8 Å². The SMILES string of the molecule is C=Cc1c(C)ccc2cc(N/C=C/C=C3\C(=C/c4ccc5c(c4)C(c4ccccc4)(c4ccccc4)c4ccccc4-5)c4ccccc4C34CCCCC4)ccc12. The lowest BCUT2D eigenvalue weighted by Gasteiger charge is -2.36. The standard InChI is InChI=1S/C56H47N/c1-3-45-39(2)27-29-41-38-44(30-32-46(41)45)57-35-17-26-52-50(48-23-11-13-24-51(48)55(52)33-15-6-16-34-55)36-40-28-31-49-47-22-12-14-25-53(47)56(54(49)37-40,42-18-7-4-8-19-42)43-20-9-5-10-21-43/h3-5,7-14,17-32,35-38,57H,1,6,15-16,33-34H2,2H3/b35-17+,50-36-,52-26+. The molecule has 0 saturated heterocycles. The van der Waals surface area contributed by atoms with Crippen LogP contribution in [-0.4, -0.2) is 0 Å². The Bertz CT molecular complexity index is 2720. The highest BCUT2D eigenvalue weighted by Gasteiger charge is 2.47. The summed E-state index contributed by atoms with van der Waals surface area (Å²) in [5, 5.41) is 6.05. The van der Waals surface area contributed by atoms with E-state index in [-0.39, 0.29) is 5.41 Å². The molecule has 3 aliphatic carbocycles. The van der Waals surface area contributed by atoms with Crippen molar-refractivity contribution in [3.63, 3.8) is 0 Å². The van der Waals surface area contributed by atoms with Crippen molar-refractivity contribution in [2.45, 2.75) is 49.9 Å². The van der Waals surface area contributed by atoms with Gasteiger partial charge in [-0.2, -0.15) is 0 Å². The van der Waals surface area contributed by atoms with E-state index in [1.165, 1.54) is 115 Å². The lowest BCUT2D eigenvalue weighted by Crippen LogP contribution is -2.28. The minimum Gasteiger partial charge on any atom is -0.362 e. The van der Waals surface area contributed by atoms with E-state index in [0.29, 0.717) is 0 Å². The predicted molar refractivity (Wildman–Crippen MR) is 242 cm³/mol. The number of aryl methyl sites for hydroxylation is 1. The van der Waals surface area contributed by atoms with Crippen molar-refractivity contribution >= 4 is 34.2 Å². The number of anilines is 1. The zero-order valence-corrected chi connectivity index (χ0v) is 32.6. The van der Waals surface area contributed by atoms with Gasteiger partial charge in [-0.15, -0.1) is 0 Å². The van der Waals surface area contributed by atoms with Crippen LogP contribution in [0, 0.1) is 6.92 Å². The fourth-order valence-electron chi connectivity index (χ4n) is 10.6. The molecule has 0 aromatic heterocycles. The van der Waals surface area contributed by atoms with Crippen molar-refractivity contribution in [3.05, 3.63) is 238 Å². The molecule has 1 heteroatoms. The molecule has 1 nitrogen and oxygen atoms in total. The van der Waals surface area contributed by atoms with Gasteiger partial charge in [0.25, 0.3) is 0 Å². The van der Waals surface area contributed by atoms with E-state index >= 15 is 0 Å². The third-order valence-corrected chi connectivity index (χ3v) is 13.1. The molecule has 1 N–H and O–H groups in total. The molecule has 276 valence electrons. The van der Waals surface area contributed by atoms with Crippen molar-refractivity contribution in [2.24, 2.45) is 0 Å². The molecule has 57 heavy (non-hydrogen) atoms. The van der Waals surface area contributed by atoms with Crippen LogP contribution in [0.15, 0.2) is 188 Å². The van der Waals surface area contributed by atoms with Crippen LogP contribution in [0.4, 0.5) is 5.69 Å². The number of fused-ring (bicyclic) bond motifs is 6. The van der Waals surface area contributed by atoms with Gasteiger partial charge in [-0.3, -0.25) is 0 Å². The molecule has 3 aliphatic rings. The number of nitrogens with one attached hydrogen (secondary N) is 1. The van der Waals surface area contributed by atoms with E-state index in [9.17, 15) is 0 Å². The van der Waals surface area contributed by atoms with E-state index < -0.39 is 5.41 Å². The van der Waals surface area contributed by atoms with E-state index in [2.05, 4.69) is 201 Å². The Kier molecular flexibility index (Phi) is 8.75. The van der Waals surface area contributed by atoms with Crippen molar-refractivity contribution in [3.8, 4) is 11.1 Å². The average Bonchev–Trinajstić information content (AvgIpc) is 3.69. The van der Waals surface area contributed by atoms with Gasteiger partial charge in [0.1, 0.15) is 0 Å². The molecule has 7 aromatic carbocycles. The van der Waals surface area contributed by atoms with Crippen molar-refractivity contribution in [1.29, 1.82) is 0 Å². The Morgan fingerprint density at radius 2 is 1.26 bits per heavy atom. The van der Waals surface area contributed by atoms with E-state index in [1.54, 1.807) is 0 Å². The van der Waals surface area contributed by atoms with Gasteiger partial charge in [0.15, 0.2) is 0 Å². The third kappa shape index (κ3) is 5.59. The molecule has 0 atom stereocenters. The average molecular weight is 734 g/mol. The van der Waals surface area contributed by atoms with Gasteiger partial charge in [-0.25, -0.2) is 0 Å². The van der Waals surface area contributed by atoms with E-state index in [4.69, 9.17) is 0 Å². The van der Waals surface area contributed by atoms with Crippen LogP contribution >= 0.6 is 0 Å². The van der Waals surface area contributed by atoms with Gasteiger partial charge in [0.2, 0.25) is 0 Å². The molecule has 0 unspecified atom stereocenters. The van der Waals surface area contributed by atoms with Crippen LogP contribution in [0.3, 0.4) is 0 Å². The van der Waals surface area contributed by atoms with Crippen molar-refractivity contribution < 1.29 is 0 Å². The smallest absolute Gasteiger partial charge is 0.0713 e. The molecule has 0 aliphatic heterocycles. The second-order valence-electron chi connectivity index (χ2n) is 16.1. The topological polar surface area (TPSA) is 12.0 Å². The lowest BCUT2D eigenvalue weighted by molar-refractivity contribution is 0.353. The van der Waals surface area contributed by atoms with Gasteiger partial charge < -0.3 is 5.32 Å². The van der Waals surface area contributed by atoms with Gasteiger partial charge in [0.05, 0.1) is 5.41 Å². The number of allylic oxidation sites excluding steroid dienone is 4. The van der Waals surface area contributed by atoms with Crippen LogP contribution < -0.4 is 5.32 Å². The molecule has 0 amide bonds. The number of hydrogen-bond donors (Lipinski definition) is 1. The fraction of sp³-hybridized carbons (Fsp3) is 0.143.